The van der Waals surface area contributed by atoms with Crippen molar-refractivity contribution < 1.29 is 9.53 Å². The number of nitrogens with zero attached hydrogens (tertiary/aromatic N) is 1. The lowest BCUT2D eigenvalue weighted by Gasteiger charge is -2.34. The summed E-state index contributed by atoms with van der Waals surface area (Å²) < 4.78 is 4.80. The maximum Gasteiger partial charge on any atom is 0.340 e. The number of rotatable bonds is 2. The van der Waals surface area contributed by atoms with Crippen LogP contribution in [0.15, 0.2) is 18.2 Å². The molecule has 1 aliphatic heterocycles. The van der Waals surface area contributed by atoms with Gasteiger partial charge in [0.1, 0.15) is 0 Å². The highest BCUT2D eigenvalue weighted by Gasteiger charge is 2.36. The molecular formula is C16H22N2O2. The van der Waals surface area contributed by atoms with Gasteiger partial charge in [-0.15, -0.1) is 0 Å². The fraction of sp³-hybridized carbons (Fsp3) is 0.562. The number of hydrogen-bond acceptors (Lipinski definition) is 4. The molecular weight excluding hydrogens is 252 g/mol. The lowest BCUT2D eigenvalue weighted by Crippen LogP contribution is -2.35. The SMILES string of the molecule is COC(=O)c1cccc(N2CCC3CCCCC32)c1N. The molecule has 2 fully saturated rings. The molecule has 2 atom stereocenters. The van der Waals surface area contributed by atoms with Crippen LogP contribution in [0.1, 0.15) is 42.5 Å². The van der Waals surface area contributed by atoms with Gasteiger partial charge in [0.25, 0.3) is 0 Å². The van der Waals surface area contributed by atoms with Gasteiger partial charge in [-0.3, -0.25) is 0 Å². The number of hydrogen-bond donors (Lipinski definition) is 1. The van der Waals surface area contributed by atoms with Gasteiger partial charge in [0.15, 0.2) is 0 Å². The maximum absolute atomic E-state index is 11.8. The highest BCUT2D eigenvalue weighted by Crippen LogP contribution is 2.41. The lowest BCUT2D eigenvalue weighted by molar-refractivity contribution is 0.0602. The Morgan fingerprint density at radius 2 is 2.10 bits per heavy atom. The van der Waals surface area contributed by atoms with Crippen LogP contribution in [0.4, 0.5) is 11.4 Å². The number of ether oxygens (including phenoxy) is 1. The van der Waals surface area contributed by atoms with Crippen molar-refractivity contribution in [2.45, 2.75) is 38.1 Å². The van der Waals surface area contributed by atoms with Crippen LogP contribution in [-0.4, -0.2) is 25.7 Å². The van der Waals surface area contributed by atoms with E-state index >= 15 is 0 Å². The van der Waals surface area contributed by atoms with Crippen LogP contribution < -0.4 is 10.6 Å². The summed E-state index contributed by atoms with van der Waals surface area (Å²) in [5.74, 6) is 0.439. The van der Waals surface area contributed by atoms with Gasteiger partial charge in [0, 0.05) is 12.6 Å². The number of fused-ring (bicyclic) bond motifs is 1. The van der Waals surface area contributed by atoms with Crippen molar-refractivity contribution in [2.24, 2.45) is 5.92 Å². The molecule has 4 heteroatoms. The van der Waals surface area contributed by atoms with E-state index in [4.69, 9.17) is 10.5 Å². The molecule has 3 rings (SSSR count). The summed E-state index contributed by atoms with van der Waals surface area (Å²) in [6.45, 7) is 1.05. The number of para-hydroxylation sites is 1. The molecule has 1 aromatic rings. The van der Waals surface area contributed by atoms with Crippen LogP contribution in [0, 0.1) is 5.92 Å². The third-order valence-electron chi connectivity index (χ3n) is 4.81. The van der Waals surface area contributed by atoms with Crippen LogP contribution in [0.3, 0.4) is 0 Å². The third-order valence-corrected chi connectivity index (χ3v) is 4.81. The smallest absolute Gasteiger partial charge is 0.340 e. The number of carbonyl (C=O) groups excluding carboxylic acids is 1. The zero-order valence-corrected chi connectivity index (χ0v) is 12.0. The second-order valence-corrected chi connectivity index (χ2v) is 5.82. The molecule has 0 bridgehead atoms. The molecule has 1 saturated carbocycles. The lowest BCUT2D eigenvalue weighted by atomic mass is 9.85. The Morgan fingerprint density at radius 1 is 1.30 bits per heavy atom. The molecule has 2 unspecified atom stereocenters. The largest absolute Gasteiger partial charge is 0.465 e. The second kappa shape index (κ2) is 5.35. The van der Waals surface area contributed by atoms with Crippen molar-refractivity contribution in [3.63, 3.8) is 0 Å². The second-order valence-electron chi connectivity index (χ2n) is 5.82. The predicted octanol–water partition coefficient (Wildman–Crippen LogP) is 2.82. The summed E-state index contributed by atoms with van der Waals surface area (Å²) in [4.78, 5) is 14.2. The van der Waals surface area contributed by atoms with Gasteiger partial charge < -0.3 is 15.4 Å². The van der Waals surface area contributed by atoms with Gasteiger partial charge in [0.05, 0.1) is 24.0 Å². The number of esters is 1. The van der Waals surface area contributed by atoms with E-state index in [1.54, 1.807) is 6.07 Å². The van der Waals surface area contributed by atoms with Crippen molar-refractivity contribution in [2.75, 3.05) is 24.3 Å². The minimum absolute atomic E-state index is 0.358. The van der Waals surface area contributed by atoms with E-state index in [1.807, 2.05) is 12.1 Å². The topological polar surface area (TPSA) is 55.6 Å². The predicted molar refractivity (Wildman–Crippen MR) is 79.9 cm³/mol. The van der Waals surface area contributed by atoms with Gasteiger partial charge in [-0.05, 0) is 37.3 Å². The first-order valence-corrected chi connectivity index (χ1v) is 7.46. The molecule has 4 nitrogen and oxygen atoms in total. The first kappa shape index (κ1) is 13.3. The third kappa shape index (κ3) is 2.13. The molecule has 0 amide bonds. The fourth-order valence-electron chi connectivity index (χ4n) is 3.80. The Kier molecular flexibility index (Phi) is 3.55. The van der Waals surface area contributed by atoms with E-state index in [0.717, 1.165) is 18.2 Å². The molecule has 20 heavy (non-hydrogen) atoms. The van der Waals surface area contributed by atoms with E-state index in [1.165, 1.54) is 39.2 Å². The molecule has 1 saturated heterocycles. The van der Waals surface area contributed by atoms with Crippen molar-refractivity contribution >= 4 is 17.3 Å². The summed E-state index contributed by atoms with van der Waals surface area (Å²) >= 11 is 0. The van der Waals surface area contributed by atoms with E-state index < -0.39 is 0 Å². The van der Waals surface area contributed by atoms with Gasteiger partial charge in [-0.25, -0.2) is 4.79 Å². The number of anilines is 2. The van der Waals surface area contributed by atoms with Gasteiger partial charge in [-0.1, -0.05) is 18.9 Å². The minimum atomic E-state index is -0.358. The Morgan fingerprint density at radius 3 is 2.90 bits per heavy atom. The van der Waals surface area contributed by atoms with Gasteiger partial charge in [-0.2, -0.15) is 0 Å². The first-order valence-electron chi connectivity index (χ1n) is 7.46. The average Bonchev–Trinajstić information content (AvgIpc) is 2.90. The van der Waals surface area contributed by atoms with Crippen LogP contribution in [0.2, 0.25) is 0 Å². The molecule has 108 valence electrons. The standard InChI is InChI=1S/C16H22N2O2/c1-20-16(19)12-6-4-8-14(15(12)17)18-10-9-11-5-2-3-7-13(11)18/h4,6,8,11,13H,2-3,5,7,9-10,17H2,1H3. The summed E-state index contributed by atoms with van der Waals surface area (Å²) in [5, 5.41) is 0. The number of nitrogen functional groups attached to an aromatic ring is 1. The van der Waals surface area contributed by atoms with E-state index in [9.17, 15) is 4.79 Å². The van der Waals surface area contributed by atoms with E-state index in [0.29, 0.717) is 17.3 Å². The quantitative estimate of drug-likeness (QED) is 0.665. The summed E-state index contributed by atoms with van der Waals surface area (Å²) in [6, 6.07) is 6.25. The van der Waals surface area contributed by atoms with Crippen LogP contribution in [0.5, 0.6) is 0 Å². The van der Waals surface area contributed by atoms with Crippen LogP contribution in [0.25, 0.3) is 0 Å². The number of methoxy groups -OCH3 is 1. The van der Waals surface area contributed by atoms with Crippen LogP contribution >= 0.6 is 0 Å². The number of benzene rings is 1. The van der Waals surface area contributed by atoms with E-state index in [2.05, 4.69) is 4.90 Å². The molecule has 1 heterocycles. The first-order chi connectivity index (χ1) is 9.72. The molecule has 2 N–H and O–H groups in total. The van der Waals surface area contributed by atoms with Gasteiger partial charge >= 0.3 is 5.97 Å². The van der Waals surface area contributed by atoms with Crippen molar-refractivity contribution in [1.82, 2.24) is 0 Å². The fourth-order valence-corrected chi connectivity index (χ4v) is 3.80. The van der Waals surface area contributed by atoms with Crippen molar-refractivity contribution in [3.05, 3.63) is 23.8 Å². The molecule has 0 spiro atoms. The molecule has 1 aromatic carbocycles. The summed E-state index contributed by atoms with van der Waals surface area (Å²) in [6.07, 6.45) is 6.47. The highest BCUT2D eigenvalue weighted by atomic mass is 16.5. The minimum Gasteiger partial charge on any atom is -0.465 e. The molecule has 2 aliphatic rings. The van der Waals surface area contributed by atoms with Gasteiger partial charge in [0.2, 0.25) is 0 Å². The Balaban J connectivity index is 1.92. The average molecular weight is 274 g/mol. The van der Waals surface area contributed by atoms with Crippen molar-refractivity contribution in [1.29, 1.82) is 0 Å². The summed E-state index contributed by atoms with van der Waals surface area (Å²) in [7, 11) is 1.39. The highest BCUT2D eigenvalue weighted by molar-refractivity contribution is 5.98. The molecule has 1 aliphatic carbocycles. The summed E-state index contributed by atoms with van der Waals surface area (Å²) in [5.41, 5.74) is 8.26. The zero-order valence-electron chi connectivity index (χ0n) is 12.0. The zero-order chi connectivity index (χ0) is 14.1. The Labute approximate surface area is 119 Å². The molecule has 0 radical (unpaired) electrons. The number of carbonyl (C=O) groups is 1. The van der Waals surface area contributed by atoms with E-state index in [-0.39, 0.29) is 5.97 Å². The van der Waals surface area contributed by atoms with Crippen molar-refractivity contribution in [3.8, 4) is 0 Å². The Hall–Kier alpha value is -1.71. The Bertz CT molecular complexity index is 515. The number of nitrogens with two attached hydrogens (primary N) is 1. The monoisotopic (exact) mass is 274 g/mol. The maximum atomic E-state index is 11.8. The molecule has 0 aromatic heterocycles. The van der Waals surface area contributed by atoms with Crippen LogP contribution in [-0.2, 0) is 4.74 Å². The normalized spacial score (nSPS) is 25.4.